The van der Waals surface area contributed by atoms with Crippen molar-refractivity contribution in [1.82, 2.24) is 9.88 Å². The SMILES string of the molecule is C[NH+](CC(=O)N(C1CCCC1)[C@H]1CCS(=O)(=O)C1)Cc1nc2ccccc2s1. The molecule has 2 heterocycles. The smallest absolute Gasteiger partial charge is 0.278 e. The summed E-state index contributed by atoms with van der Waals surface area (Å²) in [6, 6.07) is 8.15. The molecule has 2 fully saturated rings. The van der Waals surface area contributed by atoms with Crippen molar-refractivity contribution in [2.24, 2.45) is 0 Å². The van der Waals surface area contributed by atoms with E-state index in [1.807, 2.05) is 30.1 Å². The van der Waals surface area contributed by atoms with Gasteiger partial charge in [-0.1, -0.05) is 25.0 Å². The van der Waals surface area contributed by atoms with Crippen molar-refractivity contribution in [3.63, 3.8) is 0 Å². The van der Waals surface area contributed by atoms with Crippen molar-refractivity contribution in [1.29, 1.82) is 0 Å². The van der Waals surface area contributed by atoms with Gasteiger partial charge in [-0.3, -0.25) is 4.79 Å². The van der Waals surface area contributed by atoms with Crippen LogP contribution in [0, 0.1) is 0 Å². The summed E-state index contributed by atoms with van der Waals surface area (Å²) in [5.41, 5.74) is 1.00. The molecule has 1 amide bonds. The highest BCUT2D eigenvalue weighted by atomic mass is 32.2. The highest BCUT2D eigenvalue weighted by molar-refractivity contribution is 7.91. The van der Waals surface area contributed by atoms with Gasteiger partial charge in [0.05, 0.1) is 28.8 Å². The zero-order valence-corrected chi connectivity index (χ0v) is 17.9. The van der Waals surface area contributed by atoms with Crippen LogP contribution in [0.25, 0.3) is 10.2 Å². The van der Waals surface area contributed by atoms with Crippen LogP contribution in [0.15, 0.2) is 24.3 Å². The zero-order chi connectivity index (χ0) is 19.7. The summed E-state index contributed by atoms with van der Waals surface area (Å²) < 4.78 is 25.1. The summed E-state index contributed by atoms with van der Waals surface area (Å²) in [5, 5.41) is 1.03. The first-order chi connectivity index (χ1) is 13.4. The first-order valence-corrected chi connectivity index (χ1v) is 12.7. The molecule has 0 spiro atoms. The van der Waals surface area contributed by atoms with Gasteiger partial charge in [0.25, 0.3) is 5.91 Å². The highest BCUT2D eigenvalue weighted by Gasteiger charge is 2.39. The van der Waals surface area contributed by atoms with E-state index in [2.05, 4.69) is 11.1 Å². The van der Waals surface area contributed by atoms with Gasteiger partial charge in [-0.15, -0.1) is 11.3 Å². The average Bonchev–Trinajstić information content (AvgIpc) is 3.35. The number of thiazole rings is 1. The standard InChI is InChI=1S/C20H27N3O3S2/c1-22(12-19-21-17-8-4-5-9-18(17)27-19)13-20(24)23(15-6-2-3-7-15)16-10-11-28(25,26)14-16/h4-5,8-9,15-16H,2-3,6-7,10-14H2,1H3/p+1/t16-/m0/s1. The van der Waals surface area contributed by atoms with Crippen LogP contribution in [0.2, 0.25) is 0 Å². The van der Waals surface area contributed by atoms with Gasteiger partial charge in [-0.2, -0.15) is 0 Å². The van der Waals surface area contributed by atoms with Crippen molar-refractivity contribution in [2.45, 2.75) is 50.7 Å². The largest absolute Gasteiger partial charge is 0.331 e. The quantitative estimate of drug-likeness (QED) is 0.761. The molecule has 1 aliphatic carbocycles. The lowest BCUT2D eigenvalue weighted by molar-refractivity contribution is -0.885. The number of nitrogens with one attached hydrogen (secondary N) is 1. The number of carbonyl (C=O) groups excluding carboxylic acids is 1. The van der Waals surface area contributed by atoms with Gasteiger partial charge in [0, 0.05) is 12.1 Å². The minimum absolute atomic E-state index is 0.0904. The van der Waals surface area contributed by atoms with Gasteiger partial charge in [0.15, 0.2) is 16.4 Å². The van der Waals surface area contributed by atoms with Crippen LogP contribution in [-0.4, -0.2) is 61.4 Å². The predicted octanol–water partition coefficient (Wildman–Crippen LogP) is 1.27. The first-order valence-electron chi connectivity index (χ1n) is 10.1. The van der Waals surface area contributed by atoms with Crippen molar-refractivity contribution < 1.29 is 18.1 Å². The third-order valence-corrected chi connectivity index (χ3v) is 8.64. The average molecular weight is 423 g/mol. The molecule has 152 valence electrons. The van der Waals surface area contributed by atoms with E-state index in [1.54, 1.807) is 11.3 Å². The predicted molar refractivity (Wildman–Crippen MR) is 111 cm³/mol. The lowest BCUT2D eigenvalue weighted by Crippen LogP contribution is -3.09. The first kappa shape index (κ1) is 19.8. The number of benzene rings is 1. The van der Waals surface area contributed by atoms with E-state index < -0.39 is 9.84 Å². The molecule has 1 unspecified atom stereocenters. The molecule has 2 atom stereocenters. The van der Waals surface area contributed by atoms with Gasteiger partial charge in [-0.25, -0.2) is 13.4 Å². The van der Waals surface area contributed by atoms with Crippen molar-refractivity contribution in [3.05, 3.63) is 29.3 Å². The molecule has 1 saturated heterocycles. The van der Waals surface area contributed by atoms with Crippen LogP contribution in [0.4, 0.5) is 0 Å². The molecule has 6 nitrogen and oxygen atoms in total. The molecule has 0 bridgehead atoms. The van der Waals surface area contributed by atoms with Crippen LogP contribution in [0.3, 0.4) is 0 Å². The van der Waals surface area contributed by atoms with E-state index >= 15 is 0 Å². The van der Waals surface area contributed by atoms with E-state index in [0.717, 1.165) is 41.1 Å². The number of likely N-dealkylation sites (N-methyl/N-ethyl adjacent to an activating group) is 1. The Morgan fingerprint density at radius 1 is 1.21 bits per heavy atom. The topological polar surface area (TPSA) is 71.8 Å². The van der Waals surface area contributed by atoms with Crippen LogP contribution >= 0.6 is 11.3 Å². The van der Waals surface area contributed by atoms with E-state index in [4.69, 9.17) is 0 Å². The minimum atomic E-state index is -3.00. The van der Waals surface area contributed by atoms with E-state index in [-0.39, 0.29) is 29.5 Å². The summed E-state index contributed by atoms with van der Waals surface area (Å²) >= 11 is 1.68. The Balaban J connectivity index is 1.44. The Morgan fingerprint density at radius 2 is 1.96 bits per heavy atom. The van der Waals surface area contributed by atoms with Crippen molar-refractivity contribution in [2.75, 3.05) is 25.1 Å². The number of aromatic nitrogens is 1. The molecule has 4 rings (SSSR count). The van der Waals surface area contributed by atoms with Gasteiger partial charge in [-0.05, 0) is 31.4 Å². The van der Waals surface area contributed by atoms with Gasteiger partial charge in [0.1, 0.15) is 11.6 Å². The second kappa shape index (κ2) is 8.08. The number of carbonyl (C=O) groups is 1. The number of quaternary nitrogens is 1. The number of amides is 1. The van der Waals surface area contributed by atoms with Crippen LogP contribution in [-0.2, 0) is 21.2 Å². The van der Waals surface area contributed by atoms with Gasteiger partial charge in [0.2, 0.25) is 0 Å². The van der Waals surface area contributed by atoms with Crippen LogP contribution < -0.4 is 4.90 Å². The summed E-state index contributed by atoms with van der Waals surface area (Å²) in [5.74, 6) is 0.432. The number of hydrogen-bond acceptors (Lipinski definition) is 5. The molecule has 2 aliphatic rings. The van der Waals surface area contributed by atoms with Crippen molar-refractivity contribution in [3.8, 4) is 0 Å². The maximum Gasteiger partial charge on any atom is 0.278 e. The third kappa shape index (κ3) is 4.39. The van der Waals surface area contributed by atoms with Gasteiger partial charge >= 0.3 is 0 Å². The van der Waals surface area contributed by atoms with Gasteiger partial charge < -0.3 is 9.80 Å². The Kier molecular flexibility index (Phi) is 5.71. The molecule has 8 heteroatoms. The second-order valence-electron chi connectivity index (χ2n) is 8.18. The summed E-state index contributed by atoms with van der Waals surface area (Å²) in [6.07, 6.45) is 4.84. The second-order valence-corrected chi connectivity index (χ2v) is 11.5. The fourth-order valence-corrected chi connectivity index (χ4v) is 7.34. The molecular weight excluding hydrogens is 394 g/mol. The van der Waals surface area contributed by atoms with Crippen molar-refractivity contribution >= 4 is 37.3 Å². The number of nitrogens with zero attached hydrogens (tertiary/aromatic N) is 2. The van der Waals surface area contributed by atoms with E-state index in [1.165, 1.54) is 4.70 Å². The maximum atomic E-state index is 13.2. The number of hydrogen-bond donors (Lipinski definition) is 1. The Morgan fingerprint density at radius 3 is 2.64 bits per heavy atom. The third-order valence-electron chi connectivity index (χ3n) is 5.85. The fourth-order valence-electron chi connectivity index (χ4n) is 4.55. The lowest BCUT2D eigenvalue weighted by atomic mass is 10.1. The molecule has 0 radical (unpaired) electrons. The number of para-hydroxylation sites is 1. The molecule has 1 N–H and O–H groups in total. The maximum absolute atomic E-state index is 13.2. The number of fused-ring (bicyclic) bond motifs is 1. The Bertz CT molecular complexity index is 918. The fraction of sp³-hybridized carbons (Fsp3) is 0.600. The van der Waals surface area contributed by atoms with Crippen LogP contribution in [0.1, 0.15) is 37.1 Å². The molecule has 28 heavy (non-hydrogen) atoms. The monoisotopic (exact) mass is 422 g/mol. The molecule has 1 aromatic heterocycles. The number of rotatable bonds is 6. The summed E-state index contributed by atoms with van der Waals surface area (Å²) in [4.78, 5) is 20.9. The lowest BCUT2D eigenvalue weighted by Gasteiger charge is -2.34. The minimum Gasteiger partial charge on any atom is -0.331 e. The molecule has 1 saturated carbocycles. The summed E-state index contributed by atoms with van der Waals surface area (Å²) in [6.45, 7) is 1.08. The van der Waals surface area contributed by atoms with Crippen LogP contribution in [0.5, 0.6) is 0 Å². The Hall–Kier alpha value is -1.51. The number of sulfone groups is 1. The molecule has 1 aromatic carbocycles. The Labute approximate surface area is 170 Å². The molecule has 2 aromatic rings. The normalized spacial score (nSPS) is 23.2. The molecular formula is C20H28N3O3S2+. The van der Waals surface area contributed by atoms with E-state index in [0.29, 0.717) is 19.5 Å². The highest BCUT2D eigenvalue weighted by Crippen LogP contribution is 2.29. The van der Waals surface area contributed by atoms with E-state index in [9.17, 15) is 13.2 Å². The molecule has 1 aliphatic heterocycles. The summed E-state index contributed by atoms with van der Waals surface area (Å²) in [7, 11) is -0.988. The zero-order valence-electron chi connectivity index (χ0n) is 16.3.